The van der Waals surface area contributed by atoms with Gasteiger partial charge in [-0.3, -0.25) is 9.88 Å². The number of ether oxygens (including phenoxy) is 2. The summed E-state index contributed by atoms with van der Waals surface area (Å²) in [4.78, 5) is 19.8. The van der Waals surface area contributed by atoms with Crippen LogP contribution < -0.4 is 9.64 Å². The lowest BCUT2D eigenvalue weighted by molar-refractivity contribution is 0.0577. The van der Waals surface area contributed by atoms with E-state index in [1.165, 1.54) is 10.9 Å². The molecule has 36 heavy (non-hydrogen) atoms. The first-order chi connectivity index (χ1) is 17.0. The number of aromatic nitrogens is 2. The van der Waals surface area contributed by atoms with Crippen molar-refractivity contribution in [2.75, 3.05) is 12.0 Å². The Morgan fingerprint density at radius 1 is 1.03 bits per heavy atom. The van der Waals surface area contributed by atoms with Crippen LogP contribution in [0.1, 0.15) is 43.2 Å². The maximum absolute atomic E-state index is 13.5. The van der Waals surface area contributed by atoms with Crippen molar-refractivity contribution in [3.63, 3.8) is 0 Å². The monoisotopic (exact) mass is 485 g/mol. The molecule has 0 fully saturated rings. The third kappa shape index (κ3) is 5.23. The average Bonchev–Trinajstić information content (AvgIpc) is 3.17. The highest BCUT2D eigenvalue weighted by Crippen LogP contribution is 2.32. The van der Waals surface area contributed by atoms with Crippen LogP contribution in [-0.4, -0.2) is 28.4 Å². The van der Waals surface area contributed by atoms with Gasteiger partial charge >= 0.3 is 6.09 Å². The zero-order valence-electron chi connectivity index (χ0n) is 22.5. The molecule has 4 rings (SSSR count). The molecule has 0 spiro atoms. The zero-order chi connectivity index (χ0) is 26.2. The summed E-state index contributed by atoms with van der Waals surface area (Å²) in [6.45, 7) is 11.9. The van der Waals surface area contributed by atoms with Gasteiger partial charge in [-0.25, -0.2) is 4.79 Å². The van der Waals surface area contributed by atoms with Crippen LogP contribution in [0.15, 0.2) is 54.9 Å². The second kappa shape index (κ2) is 9.69. The van der Waals surface area contributed by atoms with Gasteiger partial charge in [-0.15, -0.1) is 0 Å². The van der Waals surface area contributed by atoms with Crippen LogP contribution in [0.5, 0.6) is 5.75 Å². The minimum absolute atomic E-state index is 0.262. The molecule has 0 aliphatic heterocycles. The largest absolute Gasteiger partial charge is 0.496 e. The van der Waals surface area contributed by atoms with E-state index in [-0.39, 0.29) is 6.54 Å². The Bertz CT molecular complexity index is 1430. The number of amides is 1. The summed E-state index contributed by atoms with van der Waals surface area (Å²) in [7, 11) is 3.70. The molecule has 0 aliphatic rings. The molecule has 0 N–H and O–H groups in total. The van der Waals surface area contributed by atoms with Crippen LogP contribution in [0.25, 0.3) is 22.0 Å². The summed E-state index contributed by atoms with van der Waals surface area (Å²) in [6, 6.07) is 14.7. The first kappa shape index (κ1) is 25.3. The predicted octanol–water partition coefficient (Wildman–Crippen LogP) is 7.12. The van der Waals surface area contributed by atoms with Crippen molar-refractivity contribution in [2.45, 2.75) is 53.7 Å². The van der Waals surface area contributed by atoms with Gasteiger partial charge in [-0.05, 0) is 88.6 Å². The number of rotatable bonds is 5. The van der Waals surface area contributed by atoms with E-state index in [1.807, 2.05) is 60.7 Å². The Morgan fingerprint density at radius 2 is 1.78 bits per heavy atom. The topological polar surface area (TPSA) is 56.6 Å². The number of carbonyl (C=O) groups is 1. The number of anilines is 1. The Kier molecular flexibility index (Phi) is 6.81. The van der Waals surface area contributed by atoms with Gasteiger partial charge in [0.25, 0.3) is 0 Å². The summed E-state index contributed by atoms with van der Waals surface area (Å²) in [6.07, 6.45) is 3.43. The molecule has 0 unspecified atom stereocenters. The number of nitrogens with zero attached hydrogens (tertiary/aromatic N) is 3. The molecule has 188 valence electrons. The summed E-state index contributed by atoms with van der Waals surface area (Å²) < 4.78 is 13.5. The molecule has 0 saturated heterocycles. The van der Waals surface area contributed by atoms with E-state index in [4.69, 9.17) is 9.47 Å². The van der Waals surface area contributed by atoms with E-state index < -0.39 is 11.7 Å². The van der Waals surface area contributed by atoms with Gasteiger partial charge in [-0.2, -0.15) is 0 Å². The van der Waals surface area contributed by atoms with Gasteiger partial charge in [0.1, 0.15) is 11.4 Å². The molecule has 2 aromatic heterocycles. The molecule has 2 heterocycles. The van der Waals surface area contributed by atoms with Gasteiger partial charge in [0, 0.05) is 47.2 Å². The first-order valence-corrected chi connectivity index (χ1v) is 12.1. The van der Waals surface area contributed by atoms with Crippen LogP contribution in [0.3, 0.4) is 0 Å². The smallest absolute Gasteiger partial charge is 0.415 e. The maximum Gasteiger partial charge on any atom is 0.415 e. The predicted molar refractivity (Wildman–Crippen MR) is 146 cm³/mol. The fourth-order valence-electron chi connectivity index (χ4n) is 4.51. The number of methoxy groups -OCH3 is 1. The third-order valence-electron chi connectivity index (χ3n) is 6.26. The van der Waals surface area contributed by atoms with Crippen LogP contribution in [0.4, 0.5) is 10.5 Å². The molecular formula is C30H35N3O3. The maximum atomic E-state index is 13.5. The Hall–Kier alpha value is -3.80. The van der Waals surface area contributed by atoms with Crippen LogP contribution in [0.2, 0.25) is 0 Å². The van der Waals surface area contributed by atoms with E-state index in [9.17, 15) is 4.79 Å². The van der Waals surface area contributed by atoms with Crippen molar-refractivity contribution in [1.29, 1.82) is 0 Å². The van der Waals surface area contributed by atoms with Crippen molar-refractivity contribution >= 4 is 22.7 Å². The molecule has 0 aliphatic carbocycles. The van der Waals surface area contributed by atoms with E-state index >= 15 is 0 Å². The van der Waals surface area contributed by atoms with Crippen molar-refractivity contribution in [3.05, 3.63) is 77.2 Å². The third-order valence-corrected chi connectivity index (χ3v) is 6.26. The number of aryl methyl sites for hydroxylation is 3. The molecule has 0 bridgehead atoms. The standard InChI is InChI=1S/C30H35N3O3/c1-19-13-24(22-9-10-27-23(15-22)11-12-32(27)7)16-25(14-19)33(29(34)36-30(4,5)6)18-26-21(3)28(35-8)20(2)17-31-26/h9-17H,18H2,1-8H3. The lowest BCUT2D eigenvalue weighted by Gasteiger charge is -2.28. The molecule has 0 radical (unpaired) electrons. The van der Waals surface area contributed by atoms with Gasteiger partial charge < -0.3 is 14.0 Å². The summed E-state index contributed by atoms with van der Waals surface area (Å²) in [5, 5.41) is 1.17. The molecule has 0 atom stereocenters. The SMILES string of the molecule is COc1c(C)cnc(CN(C(=O)OC(C)(C)C)c2cc(C)cc(-c3ccc4c(ccn4C)c3)c2)c1C. The summed E-state index contributed by atoms with van der Waals surface area (Å²) >= 11 is 0. The molecule has 0 saturated carbocycles. The second-order valence-corrected chi connectivity index (χ2v) is 10.4. The van der Waals surface area contributed by atoms with Crippen molar-refractivity contribution in [2.24, 2.45) is 7.05 Å². The van der Waals surface area contributed by atoms with Gasteiger partial charge in [0.05, 0.1) is 19.3 Å². The normalized spacial score (nSPS) is 11.6. The molecule has 4 aromatic rings. The van der Waals surface area contributed by atoms with Crippen LogP contribution >= 0.6 is 0 Å². The first-order valence-electron chi connectivity index (χ1n) is 12.1. The number of benzene rings is 2. The van der Waals surface area contributed by atoms with Crippen molar-refractivity contribution in [1.82, 2.24) is 9.55 Å². The zero-order valence-corrected chi connectivity index (χ0v) is 22.5. The van der Waals surface area contributed by atoms with E-state index in [0.29, 0.717) is 0 Å². The fraction of sp³-hybridized carbons (Fsp3) is 0.333. The number of hydrogen-bond acceptors (Lipinski definition) is 4. The van der Waals surface area contributed by atoms with Crippen LogP contribution in [0, 0.1) is 20.8 Å². The number of carbonyl (C=O) groups excluding carboxylic acids is 1. The summed E-state index contributed by atoms with van der Waals surface area (Å²) in [5.41, 5.74) is 7.11. The highest BCUT2D eigenvalue weighted by atomic mass is 16.6. The molecule has 2 aromatic carbocycles. The van der Waals surface area contributed by atoms with Crippen LogP contribution in [-0.2, 0) is 18.3 Å². The Morgan fingerprint density at radius 3 is 2.47 bits per heavy atom. The second-order valence-electron chi connectivity index (χ2n) is 10.4. The highest BCUT2D eigenvalue weighted by Gasteiger charge is 2.26. The minimum Gasteiger partial charge on any atom is -0.496 e. The molecule has 6 heteroatoms. The molecule has 1 amide bonds. The lowest BCUT2D eigenvalue weighted by Crippen LogP contribution is -2.37. The molecule has 6 nitrogen and oxygen atoms in total. The fourth-order valence-corrected chi connectivity index (χ4v) is 4.51. The number of hydrogen-bond donors (Lipinski definition) is 0. The quantitative estimate of drug-likeness (QED) is 0.302. The van der Waals surface area contributed by atoms with E-state index in [1.54, 1.807) is 18.2 Å². The van der Waals surface area contributed by atoms with Gasteiger partial charge in [-0.1, -0.05) is 12.1 Å². The van der Waals surface area contributed by atoms with E-state index in [2.05, 4.69) is 46.1 Å². The Balaban J connectivity index is 1.80. The Labute approximate surface area is 213 Å². The minimum atomic E-state index is -0.631. The lowest BCUT2D eigenvalue weighted by atomic mass is 10.0. The van der Waals surface area contributed by atoms with E-state index in [0.717, 1.165) is 44.9 Å². The number of fused-ring (bicyclic) bond motifs is 1. The number of pyridine rings is 1. The molecular weight excluding hydrogens is 450 g/mol. The van der Waals surface area contributed by atoms with Gasteiger partial charge in [0.2, 0.25) is 0 Å². The van der Waals surface area contributed by atoms with Crippen molar-refractivity contribution in [3.8, 4) is 16.9 Å². The summed E-state index contributed by atoms with van der Waals surface area (Å²) in [5.74, 6) is 0.783. The average molecular weight is 486 g/mol. The van der Waals surface area contributed by atoms with Crippen molar-refractivity contribution < 1.29 is 14.3 Å². The highest BCUT2D eigenvalue weighted by molar-refractivity contribution is 5.90. The van der Waals surface area contributed by atoms with Gasteiger partial charge in [0.15, 0.2) is 0 Å².